The molecule has 0 unspecified atom stereocenters. The number of anilines is 1. The Bertz CT molecular complexity index is 1050. The summed E-state index contributed by atoms with van der Waals surface area (Å²) in [5, 5.41) is 0.466. The summed E-state index contributed by atoms with van der Waals surface area (Å²) < 4.78 is 11.8. The first kappa shape index (κ1) is 15.0. The minimum absolute atomic E-state index is 0.1000. The van der Waals surface area contributed by atoms with E-state index in [-0.39, 0.29) is 6.01 Å². The summed E-state index contributed by atoms with van der Waals surface area (Å²) in [7, 11) is 0. The summed E-state index contributed by atoms with van der Waals surface area (Å²) >= 11 is 9.92. The Morgan fingerprint density at radius 1 is 1.32 bits per heavy atom. The Balaban J connectivity index is 1.68. The molecule has 0 radical (unpaired) electrons. The number of amidine groups is 1. The number of nitrogens with two attached hydrogens (primary N) is 1. The van der Waals surface area contributed by atoms with Gasteiger partial charge in [-0.2, -0.15) is 4.98 Å². The lowest BCUT2D eigenvalue weighted by molar-refractivity contribution is 0.279. The lowest BCUT2D eigenvalue weighted by Crippen LogP contribution is -2.31. The Labute approximate surface area is 156 Å². The molecule has 4 heterocycles. The number of hydrogen-bond acceptors (Lipinski definition) is 6. The summed E-state index contributed by atoms with van der Waals surface area (Å²) in [6.07, 6.45) is 4.52. The van der Waals surface area contributed by atoms with Crippen molar-refractivity contribution in [2.24, 2.45) is 4.99 Å². The minimum atomic E-state index is 0.1000. The second kappa shape index (κ2) is 5.37. The van der Waals surface area contributed by atoms with Gasteiger partial charge in [0.2, 0.25) is 0 Å². The maximum absolute atomic E-state index is 6.36. The van der Waals surface area contributed by atoms with Gasteiger partial charge in [-0.1, -0.05) is 11.6 Å². The van der Waals surface area contributed by atoms with Gasteiger partial charge in [0.15, 0.2) is 5.58 Å². The van der Waals surface area contributed by atoms with Gasteiger partial charge >= 0.3 is 0 Å². The molecule has 0 saturated carbocycles. The number of aromatic nitrogens is 1. The monoisotopic (exact) mass is 418 g/mol. The van der Waals surface area contributed by atoms with Crippen LogP contribution in [0.1, 0.15) is 12.0 Å². The van der Waals surface area contributed by atoms with Gasteiger partial charge in [0.1, 0.15) is 18.0 Å². The number of hydrogen-bond donors (Lipinski definition) is 1. The van der Waals surface area contributed by atoms with Crippen LogP contribution in [0, 0.1) is 0 Å². The van der Waals surface area contributed by atoms with Gasteiger partial charge in [-0.15, -0.1) is 0 Å². The van der Waals surface area contributed by atoms with E-state index in [4.69, 9.17) is 26.5 Å². The van der Waals surface area contributed by atoms with Gasteiger partial charge in [0.05, 0.1) is 21.5 Å². The van der Waals surface area contributed by atoms with Crippen LogP contribution in [-0.4, -0.2) is 28.9 Å². The SMILES string of the molecule is Nc1nc2cc(C3=NC=C4C(Br)=COCC5=C4N3CC5)cc(Cl)c2o1. The summed E-state index contributed by atoms with van der Waals surface area (Å²) in [5.41, 5.74) is 11.1. The fourth-order valence-electron chi connectivity index (χ4n) is 3.43. The fraction of sp³-hybridized carbons (Fsp3) is 0.176. The second-order valence-electron chi connectivity index (χ2n) is 5.98. The van der Waals surface area contributed by atoms with Gasteiger partial charge in [-0.25, -0.2) is 4.99 Å². The third-order valence-electron chi connectivity index (χ3n) is 4.49. The molecule has 2 N–H and O–H groups in total. The predicted molar refractivity (Wildman–Crippen MR) is 99.4 cm³/mol. The first-order chi connectivity index (χ1) is 12.1. The van der Waals surface area contributed by atoms with Crippen LogP contribution in [0.3, 0.4) is 0 Å². The van der Waals surface area contributed by atoms with Crippen molar-refractivity contribution in [3.63, 3.8) is 0 Å². The average Bonchev–Trinajstić information content (AvgIpc) is 3.13. The number of benzene rings is 1. The highest BCUT2D eigenvalue weighted by molar-refractivity contribution is 9.12. The number of allylic oxidation sites excluding steroid dienone is 1. The Morgan fingerprint density at radius 2 is 2.20 bits per heavy atom. The van der Waals surface area contributed by atoms with Crippen LogP contribution in [0.2, 0.25) is 5.02 Å². The molecule has 3 aliphatic heterocycles. The van der Waals surface area contributed by atoms with Crippen LogP contribution in [-0.2, 0) is 4.74 Å². The number of nitrogens with zero attached hydrogens (tertiary/aromatic N) is 3. The summed E-state index contributed by atoms with van der Waals surface area (Å²) in [6.45, 7) is 1.44. The van der Waals surface area contributed by atoms with Crippen molar-refractivity contribution in [2.75, 3.05) is 18.9 Å². The van der Waals surface area contributed by atoms with Crippen LogP contribution >= 0.6 is 27.5 Å². The molecule has 6 nitrogen and oxygen atoms in total. The van der Waals surface area contributed by atoms with E-state index in [0.717, 1.165) is 40.1 Å². The van der Waals surface area contributed by atoms with Crippen LogP contribution in [0.5, 0.6) is 0 Å². The summed E-state index contributed by atoms with van der Waals surface area (Å²) in [5.74, 6) is 0.835. The number of ether oxygens (including phenoxy) is 1. The average molecular weight is 420 g/mol. The first-order valence-electron chi connectivity index (χ1n) is 7.73. The number of halogens is 2. The van der Waals surface area contributed by atoms with Crippen molar-refractivity contribution in [3.8, 4) is 0 Å². The fourth-order valence-corrected chi connectivity index (χ4v) is 4.11. The molecule has 126 valence electrons. The molecule has 0 bridgehead atoms. The number of rotatable bonds is 1. The Hall–Kier alpha value is -2.25. The van der Waals surface area contributed by atoms with Crippen LogP contribution in [0.4, 0.5) is 6.01 Å². The molecule has 1 aromatic carbocycles. The number of nitrogen functional groups attached to an aromatic ring is 1. The van der Waals surface area contributed by atoms with Crippen molar-refractivity contribution in [1.29, 1.82) is 0 Å². The normalized spacial score (nSPS) is 19.3. The molecule has 0 atom stereocenters. The molecule has 1 aromatic heterocycles. The minimum Gasteiger partial charge on any atom is -0.496 e. The van der Waals surface area contributed by atoms with E-state index in [1.165, 1.54) is 5.57 Å². The number of fused-ring (bicyclic) bond motifs is 1. The molecule has 0 fully saturated rings. The summed E-state index contributed by atoms with van der Waals surface area (Å²) in [4.78, 5) is 11.1. The third kappa shape index (κ3) is 2.22. The lowest BCUT2D eigenvalue weighted by atomic mass is 10.1. The number of oxazole rings is 1. The van der Waals surface area contributed by atoms with Gasteiger partial charge in [-0.3, -0.25) is 0 Å². The molecule has 8 heteroatoms. The quantitative estimate of drug-likeness (QED) is 0.758. The van der Waals surface area contributed by atoms with Crippen molar-refractivity contribution in [1.82, 2.24) is 9.88 Å². The van der Waals surface area contributed by atoms with E-state index in [2.05, 4.69) is 30.8 Å². The van der Waals surface area contributed by atoms with E-state index < -0.39 is 0 Å². The first-order valence-corrected chi connectivity index (χ1v) is 8.90. The van der Waals surface area contributed by atoms with E-state index in [1.807, 2.05) is 18.3 Å². The zero-order valence-corrected chi connectivity index (χ0v) is 15.3. The lowest BCUT2D eigenvalue weighted by Gasteiger charge is -2.28. The van der Waals surface area contributed by atoms with Gasteiger partial charge in [-0.05, 0) is 40.1 Å². The maximum atomic E-state index is 6.36. The molecule has 0 amide bonds. The van der Waals surface area contributed by atoms with Crippen LogP contribution < -0.4 is 5.73 Å². The van der Waals surface area contributed by atoms with Gasteiger partial charge in [0, 0.05) is 23.9 Å². The van der Waals surface area contributed by atoms with Crippen molar-refractivity contribution in [2.45, 2.75) is 6.42 Å². The van der Waals surface area contributed by atoms with E-state index >= 15 is 0 Å². The highest BCUT2D eigenvalue weighted by Crippen LogP contribution is 2.40. The zero-order chi connectivity index (χ0) is 17.1. The van der Waals surface area contributed by atoms with Gasteiger partial charge < -0.3 is 19.8 Å². The smallest absolute Gasteiger partial charge is 0.293 e. The molecule has 0 aliphatic carbocycles. The highest BCUT2D eigenvalue weighted by atomic mass is 79.9. The van der Waals surface area contributed by atoms with Gasteiger partial charge in [0.25, 0.3) is 6.01 Å². The van der Waals surface area contributed by atoms with Crippen molar-refractivity contribution in [3.05, 3.63) is 56.5 Å². The predicted octanol–water partition coefficient (Wildman–Crippen LogP) is 3.93. The molecular formula is C17H12BrClN4O2. The molecule has 3 aliphatic rings. The summed E-state index contributed by atoms with van der Waals surface area (Å²) in [6, 6.07) is 3.83. The topological polar surface area (TPSA) is 76.9 Å². The number of aliphatic imine (C=N–C) groups is 1. The standard InChI is InChI=1S/C17H12BrClN4O2/c18-11-7-24-6-8-1-2-23-14(8)10(11)5-21-16(23)9-3-12(19)15-13(4-9)22-17(20)25-15/h3-5,7H,1-2,6H2,(H2,20,22). The largest absolute Gasteiger partial charge is 0.496 e. The Morgan fingerprint density at radius 3 is 3.08 bits per heavy atom. The van der Waals surface area contributed by atoms with Crippen LogP contribution in [0.25, 0.3) is 11.1 Å². The van der Waals surface area contributed by atoms with Crippen molar-refractivity contribution < 1.29 is 9.15 Å². The van der Waals surface area contributed by atoms with E-state index in [1.54, 1.807) is 6.26 Å². The zero-order valence-electron chi connectivity index (χ0n) is 12.9. The van der Waals surface area contributed by atoms with Crippen LogP contribution in [0.15, 0.2) is 55.3 Å². The second-order valence-corrected chi connectivity index (χ2v) is 7.25. The molecule has 2 aromatic rings. The molecule has 5 rings (SSSR count). The van der Waals surface area contributed by atoms with Crippen molar-refractivity contribution >= 4 is 50.5 Å². The third-order valence-corrected chi connectivity index (χ3v) is 5.38. The molecule has 25 heavy (non-hydrogen) atoms. The van der Waals surface area contributed by atoms with E-state index in [9.17, 15) is 0 Å². The Kier molecular flexibility index (Phi) is 3.23. The molecular weight excluding hydrogens is 408 g/mol. The molecule has 0 spiro atoms. The highest BCUT2D eigenvalue weighted by Gasteiger charge is 2.34. The maximum Gasteiger partial charge on any atom is 0.293 e. The van der Waals surface area contributed by atoms with E-state index in [0.29, 0.717) is 22.7 Å². The molecule has 0 saturated heterocycles.